The van der Waals surface area contributed by atoms with Crippen molar-refractivity contribution in [3.8, 4) is 0 Å². The Hall–Kier alpha value is -0.340. The van der Waals surface area contributed by atoms with Crippen LogP contribution in [0.4, 0.5) is 0 Å². The highest BCUT2D eigenvalue weighted by molar-refractivity contribution is 7.07. The molecular weight excluding hydrogens is 214 g/mol. The minimum atomic E-state index is 0.0161. The zero-order chi connectivity index (χ0) is 11.8. The minimum Gasteiger partial charge on any atom is -0.325 e. The second-order valence-corrected chi connectivity index (χ2v) is 7.31. The van der Waals surface area contributed by atoms with Crippen molar-refractivity contribution in [2.75, 3.05) is 0 Å². The lowest BCUT2D eigenvalue weighted by Crippen LogP contribution is -2.50. The van der Waals surface area contributed by atoms with E-state index in [0.717, 1.165) is 18.8 Å². The van der Waals surface area contributed by atoms with Crippen molar-refractivity contribution in [1.82, 2.24) is 0 Å². The highest BCUT2D eigenvalue weighted by Crippen LogP contribution is 2.44. The molecule has 1 nitrogen and oxygen atoms in total. The van der Waals surface area contributed by atoms with Gasteiger partial charge in [-0.05, 0) is 59.4 Å². The number of rotatable bonds is 2. The fraction of sp³-hybridized carbons (Fsp3) is 0.714. The Bertz CT molecular complexity index is 342. The molecule has 2 N–H and O–H groups in total. The van der Waals surface area contributed by atoms with E-state index in [1.165, 1.54) is 18.4 Å². The van der Waals surface area contributed by atoms with Crippen LogP contribution in [-0.2, 0) is 6.42 Å². The molecule has 0 spiro atoms. The Morgan fingerprint density at radius 2 is 2.19 bits per heavy atom. The zero-order valence-corrected chi connectivity index (χ0v) is 11.4. The van der Waals surface area contributed by atoms with E-state index < -0.39 is 0 Å². The molecule has 1 aromatic heterocycles. The summed E-state index contributed by atoms with van der Waals surface area (Å²) < 4.78 is 0. The highest BCUT2D eigenvalue weighted by Gasteiger charge is 2.40. The summed E-state index contributed by atoms with van der Waals surface area (Å²) in [7, 11) is 0. The van der Waals surface area contributed by atoms with Gasteiger partial charge in [-0.2, -0.15) is 11.3 Å². The Kier molecular flexibility index (Phi) is 3.15. The summed E-state index contributed by atoms with van der Waals surface area (Å²) >= 11 is 1.77. The van der Waals surface area contributed by atoms with Gasteiger partial charge in [-0.1, -0.05) is 20.8 Å². The summed E-state index contributed by atoms with van der Waals surface area (Å²) in [5.74, 6) is 0.757. The van der Waals surface area contributed by atoms with Crippen LogP contribution < -0.4 is 5.73 Å². The molecule has 1 aromatic rings. The van der Waals surface area contributed by atoms with Gasteiger partial charge in [0.25, 0.3) is 0 Å². The number of thiophene rings is 1. The summed E-state index contributed by atoms with van der Waals surface area (Å²) in [6.07, 6.45) is 4.69. The first-order valence-electron chi connectivity index (χ1n) is 6.19. The van der Waals surface area contributed by atoms with Gasteiger partial charge in [0, 0.05) is 5.54 Å². The van der Waals surface area contributed by atoms with Crippen LogP contribution in [0.25, 0.3) is 0 Å². The van der Waals surface area contributed by atoms with Crippen molar-refractivity contribution in [3.63, 3.8) is 0 Å². The molecule has 0 amide bonds. The van der Waals surface area contributed by atoms with Crippen LogP contribution in [0.5, 0.6) is 0 Å². The number of hydrogen-bond donors (Lipinski definition) is 1. The maximum absolute atomic E-state index is 6.62. The molecule has 0 saturated heterocycles. The first-order chi connectivity index (χ1) is 7.39. The lowest BCUT2D eigenvalue weighted by Gasteiger charge is -2.45. The lowest BCUT2D eigenvalue weighted by molar-refractivity contribution is 0.108. The van der Waals surface area contributed by atoms with Crippen LogP contribution >= 0.6 is 11.3 Å². The predicted octanol–water partition coefficient (Wildman–Crippen LogP) is 3.83. The molecule has 2 rings (SSSR count). The molecule has 1 saturated carbocycles. The van der Waals surface area contributed by atoms with Gasteiger partial charge in [-0.3, -0.25) is 0 Å². The Morgan fingerprint density at radius 3 is 2.75 bits per heavy atom. The standard InChI is InChI=1S/C14H23NS/c1-11-6-13(2,3)10-14(15,7-11)8-12-4-5-16-9-12/h4-5,9,11H,6-8,10,15H2,1-3H3. The Morgan fingerprint density at radius 1 is 1.44 bits per heavy atom. The van der Waals surface area contributed by atoms with Gasteiger partial charge >= 0.3 is 0 Å². The SMILES string of the molecule is CC1CC(C)(C)CC(N)(Cc2ccsc2)C1. The van der Waals surface area contributed by atoms with Crippen LogP contribution in [-0.4, -0.2) is 5.54 Å². The molecule has 16 heavy (non-hydrogen) atoms. The third-order valence-electron chi connectivity index (χ3n) is 3.62. The summed E-state index contributed by atoms with van der Waals surface area (Å²) in [5, 5.41) is 4.39. The third-order valence-corrected chi connectivity index (χ3v) is 4.35. The van der Waals surface area contributed by atoms with Crippen LogP contribution in [0.1, 0.15) is 45.6 Å². The minimum absolute atomic E-state index is 0.0161. The number of nitrogens with two attached hydrogens (primary N) is 1. The molecule has 0 aliphatic heterocycles. The first kappa shape index (κ1) is 12.1. The lowest BCUT2D eigenvalue weighted by atomic mass is 9.63. The molecule has 90 valence electrons. The van der Waals surface area contributed by atoms with Crippen molar-refractivity contribution in [1.29, 1.82) is 0 Å². The molecule has 1 fully saturated rings. The van der Waals surface area contributed by atoms with Crippen LogP contribution in [0.3, 0.4) is 0 Å². The van der Waals surface area contributed by atoms with E-state index in [9.17, 15) is 0 Å². The van der Waals surface area contributed by atoms with Crippen molar-refractivity contribution in [2.24, 2.45) is 17.1 Å². The fourth-order valence-corrected chi connectivity index (χ4v) is 4.41. The van der Waals surface area contributed by atoms with E-state index >= 15 is 0 Å². The molecule has 0 bridgehead atoms. The monoisotopic (exact) mass is 237 g/mol. The molecule has 1 aliphatic carbocycles. The molecule has 0 radical (unpaired) electrons. The summed E-state index contributed by atoms with van der Waals surface area (Å²) in [5.41, 5.74) is 8.46. The Balaban J connectivity index is 2.11. The smallest absolute Gasteiger partial charge is 0.0203 e. The van der Waals surface area contributed by atoms with Crippen LogP contribution in [0.15, 0.2) is 16.8 Å². The van der Waals surface area contributed by atoms with Crippen molar-refractivity contribution >= 4 is 11.3 Å². The Labute approximate surface area is 103 Å². The molecule has 2 heteroatoms. The third kappa shape index (κ3) is 2.86. The normalized spacial score (nSPS) is 33.9. The maximum atomic E-state index is 6.62. The zero-order valence-electron chi connectivity index (χ0n) is 10.6. The highest BCUT2D eigenvalue weighted by atomic mass is 32.1. The topological polar surface area (TPSA) is 26.0 Å². The van der Waals surface area contributed by atoms with E-state index in [1.807, 2.05) is 0 Å². The first-order valence-corrected chi connectivity index (χ1v) is 7.13. The van der Waals surface area contributed by atoms with Gasteiger partial charge < -0.3 is 5.73 Å². The average molecular weight is 237 g/mol. The van der Waals surface area contributed by atoms with Crippen molar-refractivity contribution in [2.45, 2.75) is 52.0 Å². The maximum Gasteiger partial charge on any atom is 0.0203 e. The number of hydrogen-bond acceptors (Lipinski definition) is 2. The van der Waals surface area contributed by atoms with Gasteiger partial charge in [0.2, 0.25) is 0 Å². The van der Waals surface area contributed by atoms with Gasteiger partial charge in [-0.25, -0.2) is 0 Å². The fourth-order valence-electron chi connectivity index (χ4n) is 3.74. The summed E-state index contributed by atoms with van der Waals surface area (Å²) in [6.45, 7) is 7.06. The van der Waals surface area contributed by atoms with E-state index in [1.54, 1.807) is 11.3 Å². The van der Waals surface area contributed by atoms with E-state index in [2.05, 4.69) is 37.6 Å². The second-order valence-electron chi connectivity index (χ2n) is 6.53. The van der Waals surface area contributed by atoms with Crippen LogP contribution in [0.2, 0.25) is 0 Å². The molecule has 2 atom stereocenters. The van der Waals surface area contributed by atoms with E-state index in [0.29, 0.717) is 5.41 Å². The summed E-state index contributed by atoms with van der Waals surface area (Å²) in [6, 6.07) is 2.21. The van der Waals surface area contributed by atoms with Gasteiger partial charge in [-0.15, -0.1) is 0 Å². The van der Waals surface area contributed by atoms with Gasteiger partial charge in [0.1, 0.15) is 0 Å². The summed E-state index contributed by atoms with van der Waals surface area (Å²) in [4.78, 5) is 0. The molecule has 0 aromatic carbocycles. The van der Waals surface area contributed by atoms with Gasteiger partial charge in [0.05, 0.1) is 0 Å². The van der Waals surface area contributed by atoms with Gasteiger partial charge in [0.15, 0.2) is 0 Å². The van der Waals surface area contributed by atoms with Crippen molar-refractivity contribution in [3.05, 3.63) is 22.4 Å². The molecule has 1 aliphatic rings. The quantitative estimate of drug-likeness (QED) is 0.831. The van der Waals surface area contributed by atoms with E-state index in [4.69, 9.17) is 5.73 Å². The predicted molar refractivity (Wildman–Crippen MR) is 71.7 cm³/mol. The van der Waals surface area contributed by atoms with Crippen molar-refractivity contribution < 1.29 is 0 Å². The van der Waals surface area contributed by atoms with Crippen LogP contribution in [0, 0.1) is 11.3 Å². The largest absolute Gasteiger partial charge is 0.325 e. The average Bonchev–Trinajstić information content (AvgIpc) is 2.49. The van der Waals surface area contributed by atoms with E-state index in [-0.39, 0.29) is 5.54 Å². The molecular formula is C14H23NS. The molecule has 2 unspecified atom stereocenters. The molecule has 1 heterocycles. The second kappa shape index (κ2) is 4.15.